The molecule has 11 heavy (non-hydrogen) atoms. The van der Waals surface area contributed by atoms with Crippen molar-refractivity contribution >= 4 is 5.97 Å². The molecule has 0 spiro atoms. The molecule has 3 rings (SSSR count). The summed E-state index contributed by atoms with van der Waals surface area (Å²) in [6.07, 6.45) is 1.58. The van der Waals surface area contributed by atoms with Gasteiger partial charge < -0.3 is 16.2 Å². The Morgan fingerprint density at radius 2 is 2.09 bits per heavy atom. The van der Waals surface area contributed by atoms with Crippen LogP contribution in [0.15, 0.2) is 0 Å². The standard InChI is InChI=1S/C7H12N2O2/c8-4-1-3(7(10)11)5-2-6(4)9-5/h3-6,9H,1-2,8H2,(H,10,11). The van der Waals surface area contributed by atoms with Crippen molar-refractivity contribution in [3.05, 3.63) is 0 Å². The number of hydrogen-bond acceptors (Lipinski definition) is 3. The lowest BCUT2D eigenvalue weighted by atomic mass is 9.72. The highest BCUT2D eigenvalue weighted by molar-refractivity contribution is 5.71. The number of carboxylic acids is 1. The zero-order valence-corrected chi connectivity index (χ0v) is 6.16. The Morgan fingerprint density at radius 1 is 1.45 bits per heavy atom. The van der Waals surface area contributed by atoms with E-state index >= 15 is 0 Å². The maximum atomic E-state index is 10.6. The Kier molecular flexibility index (Phi) is 1.40. The SMILES string of the molecule is NC1CC(C(=O)O)C2CC1N2. The zero-order chi connectivity index (χ0) is 8.01. The first-order valence-corrected chi connectivity index (χ1v) is 3.93. The smallest absolute Gasteiger partial charge is 0.308 e. The van der Waals surface area contributed by atoms with Crippen LogP contribution >= 0.6 is 0 Å². The van der Waals surface area contributed by atoms with Crippen molar-refractivity contribution in [2.45, 2.75) is 31.0 Å². The quantitative estimate of drug-likeness (QED) is 0.462. The fourth-order valence-corrected chi connectivity index (χ4v) is 2.00. The van der Waals surface area contributed by atoms with Crippen LogP contribution in [0.5, 0.6) is 0 Å². The van der Waals surface area contributed by atoms with Crippen LogP contribution in [0, 0.1) is 5.92 Å². The highest BCUT2D eigenvalue weighted by Crippen LogP contribution is 2.32. The fourth-order valence-electron chi connectivity index (χ4n) is 2.00. The number of nitrogens with one attached hydrogen (secondary N) is 1. The van der Waals surface area contributed by atoms with E-state index in [0.717, 1.165) is 6.42 Å². The number of fused-ring (bicyclic) bond motifs is 2. The number of nitrogens with two attached hydrogens (primary N) is 1. The van der Waals surface area contributed by atoms with Gasteiger partial charge in [-0.2, -0.15) is 0 Å². The van der Waals surface area contributed by atoms with Crippen molar-refractivity contribution in [1.82, 2.24) is 5.32 Å². The number of piperidine rings is 1. The monoisotopic (exact) mass is 156 g/mol. The molecule has 62 valence electrons. The molecule has 3 aliphatic rings. The summed E-state index contributed by atoms with van der Waals surface area (Å²) in [4.78, 5) is 10.6. The van der Waals surface area contributed by atoms with E-state index in [9.17, 15) is 4.79 Å². The largest absolute Gasteiger partial charge is 0.481 e. The molecule has 0 aromatic rings. The van der Waals surface area contributed by atoms with Gasteiger partial charge in [-0.15, -0.1) is 0 Å². The van der Waals surface area contributed by atoms with Gasteiger partial charge in [-0.1, -0.05) is 0 Å². The number of hydrogen-bond donors (Lipinski definition) is 3. The number of aliphatic carboxylic acids is 1. The molecule has 1 saturated carbocycles. The molecule has 4 N–H and O–H groups in total. The molecule has 0 radical (unpaired) electrons. The van der Waals surface area contributed by atoms with Crippen LogP contribution in [-0.2, 0) is 4.79 Å². The van der Waals surface area contributed by atoms with Gasteiger partial charge >= 0.3 is 5.97 Å². The van der Waals surface area contributed by atoms with E-state index in [1.807, 2.05) is 0 Å². The number of carbonyl (C=O) groups is 1. The zero-order valence-electron chi connectivity index (χ0n) is 6.16. The minimum absolute atomic E-state index is 0.0427. The second-order valence-corrected chi connectivity index (χ2v) is 3.46. The first-order chi connectivity index (χ1) is 5.18. The third kappa shape index (κ3) is 0.937. The predicted octanol–water partition coefficient (Wildman–Crippen LogP) is -0.851. The third-order valence-electron chi connectivity index (χ3n) is 2.78. The minimum atomic E-state index is -0.712. The second kappa shape index (κ2) is 2.19. The maximum absolute atomic E-state index is 10.6. The molecule has 2 aliphatic heterocycles. The molecule has 2 saturated heterocycles. The van der Waals surface area contributed by atoms with E-state index in [4.69, 9.17) is 10.8 Å². The number of carboxylic acid groups (broad SMARTS) is 1. The van der Waals surface area contributed by atoms with Gasteiger partial charge in [-0.3, -0.25) is 4.79 Å². The van der Waals surface area contributed by atoms with Crippen LogP contribution in [0.25, 0.3) is 0 Å². The minimum Gasteiger partial charge on any atom is -0.481 e. The van der Waals surface area contributed by atoms with Gasteiger partial charge in [0.15, 0.2) is 0 Å². The summed E-state index contributed by atoms with van der Waals surface area (Å²) < 4.78 is 0. The van der Waals surface area contributed by atoms with Crippen LogP contribution in [0.1, 0.15) is 12.8 Å². The summed E-state index contributed by atoms with van der Waals surface area (Å²) in [6.45, 7) is 0. The molecule has 0 aromatic carbocycles. The summed E-state index contributed by atoms with van der Waals surface area (Å²) in [7, 11) is 0. The Labute approximate surface area is 64.8 Å². The molecule has 2 heterocycles. The Morgan fingerprint density at radius 3 is 2.45 bits per heavy atom. The molecule has 4 nitrogen and oxygen atoms in total. The van der Waals surface area contributed by atoms with Crippen LogP contribution in [0.2, 0.25) is 0 Å². The van der Waals surface area contributed by atoms with Crippen LogP contribution in [0.3, 0.4) is 0 Å². The van der Waals surface area contributed by atoms with Gasteiger partial charge in [0.25, 0.3) is 0 Å². The molecule has 1 aliphatic carbocycles. The first-order valence-electron chi connectivity index (χ1n) is 3.93. The third-order valence-corrected chi connectivity index (χ3v) is 2.78. The van der Waals surface area contributed by atoms with Gasteiger partial charge in [0.05, 0.1) is 5.92 Å². The highest BCUT2D eigenvalue weighted by atomic mass is 16.4. The molecule has 0 amide bonds. The van der Waals surface area contributed by atoms with E-state index < -0.39 is 5.97 Å². The lowest BCUT2D eigenvalue weighted by Gasteiger charge is -2.49. The van der Waals surface area contributed by atoms with E-state index in [1.165, 1.54) is 0 Å². The van der Waals surface area contributed by atoms with E-state index in [1.54, 1.807) is 0 Å². The van der Waals surface area contributed by atoms with Crippen molar-refractivity contribution < 1.29 is 9.90 Å². The molecule has 4 atom stereocenters. The predicted molar refractivity (Wildman–Crippen MR) is 39.0 cm³/mol. The second-order valence-electron chi connectivity index (χ2n) is 3.46. The molecule has 4 heteroatoms. The average Bonchev–Trinajstić information content (AvgIpc) is 1.83. The molecular weight excluding hydrogens is 144 g/mol. The van der Waals surface area contributed by atoms with Crippen molar-refractivity contribution in [2.24, 2.45) is 11.7 Å². The molecule has 4 unspecified atom stereocenters. The van der Waals surface area contributed by atoms with Gasteiger partial charge in [0.1, 0.15) is 0 Å². The van der Waals surface area contributed by atoms with Gasteiger partial charge in [-0.05, 0) is 12.8 Å². The summed E-state index contributed by atoms with van der Waals surface area (Å²) in [5, 5.41) is 11.9. The molecule has 3 fully saturated rings. The van der Waals surface area contributed by atoms with E-state index in [-0.39, 0.29) is 18.0 Å². The van der Waals surface area contributed by atoms with Crippen LogP contribution < -0.4 is 11.1 Å². The van der Waals surface area contributed by atoms with Gasteiger partial charge in [-0.25, -0.2) is 0 Å². The first kappa shape index (κ1) is 7.06. The molecule has 0 aromatic heterocycles. The Hall–Kier alpha value is -0.610. The summed E-state index contributed by atoms with van der Waals surface area (Å²) >= 11 is 0. The van der Waals surface area contributed by atoms with Crippen molar-refractivity contribution in [3.8, 4) is 0 Å². The van der Waals surface area contributed by atoms with Crippen LogP contribution in [-0.4, -0.2) is 29.2 Å². The van der Waals surface area contributed by atoms with Crippen molar-refractivity contribution in [3.63, 3.8) is 0 Å². The molecular formula is C7H12N2O2. The normalized spacial score (nSPS) is 48.1. The summed E-state index contributed by atoms with van der Waals surface area (Å²) in [5.41, 5.74) is 5.72. The lowest BCUT2D eigenvalue weighted by molar-refractivity contribution is -0.146. The van der Waals surface area contributed by atoms with E-state index in [2.05, 4.69) is 5.32 Å². The topological polar surface area (TPSA) is 75.4 Å². The van der Waals surface area contributed by atoms with Gasteiger partial charge in [0.2, 0.25) is 0 Å². The Balaban J connectivity index is 2.06. The highest BCUT2D eigenvalue weighted by Gasteiger charge is 2.46. The summed E-state index contributed by atoms with van der Waals surface area (Å²) in [5.74, 6) is -0.967. The van der Waals surface area contributed by atoms with Gasteiger partial charge in [0, 0.05) is 18.1 Å². The van der Waals surface area contributed by atoms with Crippen molar-refractivity contribution in [1.29, 1.82) is 0 Å². The summed E-state index contributed by atoms with van der Waals surface area (Å²) in [6, 6.07) is 0.619. The van der Waals surface area contributed by atoms with Crippen LogP contribution in [0.4, 0.5) is 0 Å². The maximum Gasteiger partial charge on any atom is 0.308 e. The lowest BCUT2D eigenvalue weighted by Crippen LogP contribution is -2.69. The molecule has 2 bridgehead atoms. The van der Waals surface area contributed by atoms with Crippen molar-refractivity contribution in [2.75, 3.05) is 0 Å². The fraction of sp³-hybridized carbons (Fsp3) is 0.857. The van der Waals surface area contributed by atoms with E-state index in [0.29, 0.717) is 12.5 Å². The number of rotatable bonds is 1. The average molecular weight is 156 g/mol. The Bertz CT molecular complexity index is 189.